The number of unbranched alkanes of at least 4 members (excludes halogenated alkanes) is 3. The lowest BCUT2D eigenvalue weighted by Crippen LogP contribution is -2.40. The van der Waals surface area contributed by atoms with Gasteiger partial charge in [-0.15, -0.1) is 0 Å². The van der Waals surface area contributed by atoms with Crippen molar-refractivity contribution >= 4 is 23.8 Å². The lowest BCUT2D eigenvalue weighted by Gasteiger charge is -2.32. The Kier molecular flexibility index (Phi) is 8.53. The standard InChI is InChI=1S/C21H31NO2S/c1-3-5-6-10-14-18(11-4-2)25-22-20(23)16-15-19(21(22)24)17-12-8-7-9-13-17/h7-9,12-13,18-19H,3-6,10-11,14-16H2,1-2H3. The lowest BCUT2D eigenvalue weighted by molar-refractivity contribution is -0.142. The Labute approximate surface area is 156 Å². The fourth-order valence-corrected chi connectivity index (χ4v) is 4.73. The van der Waals surface area contributed by atoms with Gasteiger partial charge in [-0.25, -0.2) is 4.31 Å². The van der Waals surface area contributed by atoms with Gasteiger partial charge in [0, 0.05) is 11.7 Å². The number of imide groups is 1. The number of piperidine rings is 1. The Morgan fingerprint density at radius 2 is 1.80 bits per heavy atom. The SMILES string of the molecule is CCCCCCC(CCC)SN1C(=O)CCC(c2ccccc2)C1=O. The number of nitrogens with zero attached hydrogens (tertiary/aromatic N) is 1. The van der Waals surface area contributed by atoms with E-state index < -0.39 is 0 Å². The largest absolute Gasteiger partial charge is 0.273 e. The highest BCUT2D eigenvalue weighted by Crippen LogP contribution is 2.35. The van der Waals surface area contributed by atoms with Crippen LogP contribution in [-0.4, -0.2) is 21.4 Å². The second-order valence-electron chi connectivity index (χ2n) is 6.89. The zero-order valence-electron chi connectivity index (χ0n) is 15.6. The van der Waals surface area contributed by atoms with Crippen LogP contribution in [0.25, 0.3) is 0 Å². The Balaban J connectivity index is 2.01. The topological polar surface area (TPSA) is 37.4 Å². The minimum atomic E-state index is -0.172. The van der Waals surface area contributed by atoms with Gasteiger partial charge in [0.1, 0.15) is 0 Å². The van der Waals surface area contributed by atoms with Gasteiger partial charge in [-0.05, 0) is 36.8 Å². The first-order valence-corrected chi connectivity index (χ1v) is 10.6. The fourth-order valence-electron chi connectivity index (χ4n) is 3.38. The van der Waals surface area contributed by atoms with Crippen LogP contribution in [0.4, 0.5) is 0 Å². The monoisotopic (exact) mass is 361 g/mol. The Bertz CT molecular complexity index is 546. The smallest absolute Gasteiger partial charge is 0.246 e. The summed E-state index contributed by atoms with van der Waals surface area (Å²) in [6.45, 7) is 4.39. The van der Waals surface area contributed by atoms with Crippen LogP contribution in [0.1, 0.15) is 83.1 Å². The van der Waals surface area contributed by atoms with Crippen LogP contribution >= 0.6 is 11.9 Å². The molecule has 1 aliphatic heterocycles. The molecule has 2 rings (SSSR count). The Morgan fingerprint density at radius 1 is 1.04 bits per heavy atom. The molecule has 0 radical (unpaired) electrons. The second-order valence-corrected chi connectivity index (χ2v) is 8.14. The molecule has 0 aliphatic carbocycles. The Morgan fingerprint density at radius 3 is 2.48 bits per heavy atom. The molecular formula is C21H31NO2S. The van der Waals surface area contributed by atoms with Crippen LogP contribution in [0, 0.1) is 0 Å². The average Bonchev–Trinajstić information content (AvgIpc) is 2.63. The van der Waals surface area contributed by atoms with Crippen molar-refractivity contribution in [2.24, 2.45) is 0 Å². The summed E-state index contributed by atoms with van der Waals surface area (Å²) in [5.74, 6) is -0.215. The lowest BCUT2D eigenvalue weighted by atomic mass is 9.91. The average molecular weight is 362 g/mol. The number of hydrogen-bond donors (Lipinski definition) is 0. The van der Waals surface area contributed by atoms with Gasteiger partial charge in [0.2, 0.25) is 11.8 Å². The van der Waals surface area contributed by atoms with E-state index in [2.05, 4.69) is 13.8 Å². The molecule has 0 aromatic heterocycles. The second kappa shape index (κ2) is 10.6. The molecule has 2 atom stereocenters. The molecule has 2 unspecified atom stereocenters. The van der Waals surface area contributed by atoms with Crippen molar-refractivity contribution in [2.75, 3.05) is 0 Å². The Hall–Kier alpha value is -1.29. The van der Waals surface area contributed by atoms with Gasteiger partial charge in [0.15, 0.2) is 0 Å². The maximum atomic E-state index is 12.9. The predicted octanol–water partition coefficient (Wildman–Crippen LogP) is 5.71. The first-order valence-electron chi connectivity index (χ1n) is 9.75. The van der Waals surface area contributed by atoms with E-state index in [1.165, 1.54) is 41.9 Å². The zero-order valence-corrected chi connectivity index (χ0v) is 16.4. The van der Waals surface area contributed by atoms with Crippen molar-refractivity contribution < 1.29 is 9.59 Å². The molecule has 0 N–H and O–H groups in total. The number of hydrogen-bond acceptors (Lipinski definition) is 3. The van der Waals surface area contributed by atoms with Crippen molar-refractivity contribution in [3.8, 4) is 0 Å². The number of amides is 2. The minimum Gasteiger partial charge on any atom is -0.273 e. The molecule has 1 aliphatic rings. The van der Waals surface area contributed by atoms with Crippen molar-refractivity contribution in [1.29, 1.82) is 0 Å². The van der Waals surface area contributed by atoms with E-state index >= 15 is 0 Å². The molecule has 0 spiro atoms. The van der Waals surface area contributed by atoms with Gasteiger partial charge in [-0.3, -0.25) is 9.59 Å². The molecule has 0 saturated carbocycles. The molecule has 1 fully saturated rings. The maximum Gasteiger partial charge on any atom is 0.246 e. The van der Waals surface area contributed by atoms with E-state index in [1.807, 2.05) is 30.3 Å². The molecule has 1 aromatic rings. The number of carbonyl (C=O) groups is 2. The molecular weight excluding hydrogens is 330 g/mol. The van der Waals surface area contributed by atoms with Crippen molar-refractivity contribution in [3.05, 3.63) is 35.9 Å². The molecule has 138 valence electrons. The molecule has 1 saturated heterocycles. The quantitative estimate of drug-likeness (QED) is 0.304. The summed E-state index contributed by atoms with van der Waals surface area (Å²) in [6, 6.07) is 9.88. The summed E-state index contributed by atoms with van der Waals surface area (Å²) >= 11 is 1.50. The third-order valence-corrected chi connectivity index (χ3v) is 6.18. The minimum absolute atomic E-state index is 0.0168. The van der Waals surface area contributed by atoms with E-state index in [4.69, 9.17) is 0 Å². The van der Waals surface area contributed by atoms with E-state index in [9.17, 15) is 9.59 Å². The molecule has 1 heterocycles. The molecule has 0 bridgehead atoms. The maximum absolute atomic E-state index is 12.9. The number of benzene rings is 1. The summed E-state index contributed by atoms with van der Waals surface area (Å²) in [5.41, 5.74) is 1.03. The van der Waals surface area contributed by atoms with Gasteiger partial charge in [-0.1, -0.05) is 76.3 Å². The zero-order chi connectivity index (χ0) is 18.1. The van der Waals surface area contributed by atoms with Gasteiger partial charge in [0.25, 0.3) is 0 Å². The van der Waals surface area contributed by atoms with Gasteiger partial charge < -0.3 is 0 Å². The summed E-state index contributed by atoms with van der Waals surface area (Å²) in [7, 11) is 0. The highest BCUT2D eigenvalue weighted by Gasteiger charge is 2.36. The van der Waals surface area contributed by atoms with Crippen LogP contribution in [-0.2, 0) is 9.59 Å². The molecule has 3 nitrogen and oxygen atoms in total. The molecule has 2 amide bonds. The van der Waals surface area contributed by atoms with Crippen molar-refractivity contribution in [2.45, 2.75) is 82.8 Å². The van der Waals surface area contributed by atoms with Crippen LogP contribution in [0.5, 0.6) is 0 Å². The molecule has 4 heteroatoms. The predicted molar refractivity (Wildman–Crippen MR) is 105 cm³/mol. The van der Waals surface area contributed by atoms with Crippen LogP contribution in [0.2, 0.25) is 0 Å². The van der Waals surface area contributed by atoms with Gasteiger partial charge in [0.05, 0.1) is 5.92 Å². The molecule has 25 heavy (non-hydrogen) atoms. The third-order valence-electron chi connectivity index (χ3n) is 4.82. The van der Waals surface area contributed by atoms with E-state index in [0.29, 0.717) is 18.1 Å². The molecule has 1 aromatic carbocycles. The van der Waals surface area contributed by atoms with Crippen molar-refractivity contribution in [1.82, 2.24) is 4.31 Å². The first-order chi connectivity index (χ1) is 12.2. The summed E-state index contributed by atoms with van der Waals surface area (Å²) in [4.78, 5) is 25.3. The highest BCUT2D eigenvalue weighted by atomic mass is 32.2. The van der Waals surface area contributed by atoms with Crippen LogP contribution < -0.4 is 0 Å². The van der Waals surface area contributed by atoms with Crippen LogP contribution in [0.15, 0.2) is 30.3 Å². The number of carbonyl (C=O) groups excluding carboxylic acids is 2. The third kappa shape index (κ3) is 5.88. The normalized spacial score (nSPS) is 19.3. The highest BCUT2D eigenvalue weighted by molar-refractivity contribution is 7.98. The van der Waals surface area contributed by atoms with E-state index in [0.717, 1.165) is 24.8 Å². The first kappa shape index (κ1) is 20.0. The van der Waals surface area contributed by atoms with E-state index in [-0.39, 0.29) is 17.7 Å². The van der Waals surface area contributed by atoms with Gasteiger partial charge >= 0.3 is 0 Å². The van der Waals surface area contributed by atoms with Gasteiger partial charge in [-0.2, -0.15) is 0 Å². The van der Waals surface area contributed by atoms with E-state index in [1.54, 1.807) is 0 Å². The number of rotatable bonds is 10. The summed E-state index contributed by atoms with van der Waals surface area (Å²) < 4.78 is 1.49. The van der Waals surface area contributed by atoms with Crippen molar-refractivity contribution in [3.63, 3.8) is 0 Å². The fraction of sp³-hybridized carbons (Fsp3) is 0.619. The summed E-state index contributed by atoms with van der Waals surface area (Å²) in [5, 5.41) is 0.365. The van der Waals surface area contributed by atoms with Crippen LogP contribution in [0.3, 0.4) is 0 Å². The summed E-state index contributed by atoms with van der Waals surface area (Å²) in [6.07, 6.45) is 9.25.